The highest BCUT2D eigenvalue weighted by atomic mass is 35.5. The number of rotatable bonds is 5. The zero-order valence-corrected chi connectivity index (χ0v) is 13.0. The summed E-state index contributed by atoms with van der Waals surface area (Å²) in [5.74, 6) is 0. The summed E-state index contributed by atoms with van der Waals surface area (Å²) in [4.78, 5) is 16.8. The van der Waals surface area contributed by atoms with Gasteiger partial charge in [0.15, 0.2) is 0 Å². The third-order valence-corrected chi connectivity index (χ3v) is 4.25. The Morgan fingerprint density at radius 1 is 1.43 bits per heavy atom. The molecule has 2 aromatic rings. The lowest BCUT2D eigenvalue weighted by atomic mass is 10.1. The van der Waals surface area contributed by atoms with Gasteiger partial charge in [-0.25, -0.2) is 9.78 Å². The Bertz CT molecular complexity index is 618. The lowest BCUT2D eigenvalue weighted by Crippen LogP contribution is -2.37. The van der Waals surface area contributed by atoms with E-state index in [0.29, 0.717) is 17.1 Å². The van der Waals surface area contributed by atoms with Gasteiger partial charge in [-0.15, -0.1) is 11.3 Å². The largest absolute Gasteiger partial charge is 0.387 e. The molecule has 3 N–H and O–H groups in total. The molecule has 5 nitrogen and oxygen atoms in total. The van der Waals surface area contributed by atoms with Crippen molar-refractivity contribution in [2.24, 2.45) is 0 Å². The lowest BCUT2D eigenvalue weighted by molar-refractivity contribution is 0.173. The van der Waals surface area contributed by atoms with E-state index in [1.807, 2.05) is 6.92 Å². The van der Waals surface area contributed by atoms with Crippen LogP contribution in [0.2, 0.25) is 5.02 Å². The fraction of sp³-hybridized carbons (Fsp3) is 0.286. The third-order valence-electron chi connectivity index (χ3n) is 2.97. The molecule has 0 aliphatic carbocycles. The molecule has 2 rings (SSSR count). The summed E-state index contributed by atoms with van der Waals surface area (Å²) in [6.07, 6.45) is -0.838. The van der Waals surface area contributed by atoms with Crippen molar-refractivity contribution in [3.05, 3.63) is 50.9 Å². The maximum Gasteiger partial charge on any atom is 0.315 e. The lowest BCUT2D eigenvalue weighted by Gasteiger charge is -2.14. The Labute approximate surface area is 132 Å². The first kappa shape index (κ1) is 15.8. The average molecular weight is 326 g/mol. The molecular formula is C14H16ClN3O2S. The fourth-order valence-electron chi connectivity index (χ4n) is 1.76. The summed E-state index contributed by atoms with van der Waals surface area (Å²) in [6, 6.07) is 6.67. The summed E-state index contributed by atoms with van der Waals surface area (Å²) in [5.41, 5.74) is 3.25. The summed E-state index contributed by atoms with van der Waals surface area (Å²) in [6.45, 7) is 2.41. The molecule has 112 valence electrons. The normalized spacial score (nSPS) is 12.0. The molecule has 2 amide bonds. The molecule has 0 saturated carbocycles. The first-order valence-corrected chi connectivity index (χ1v) is 7.67. The minimum atomic E-state index is -0.838. The number of thiazole rings is 1. The molecule has 0 radical (unpaired) electrons. The highest BCUT2D eigenvalue weighted by Crippen LogP contribution is 2.21. The summed E-state index contributed by atoms with van der Waals surface area (Å²) >= 11 is 7.48. The number of aliphatic hydroxyl groups is 1. The van der Waals surface area contributed by atoms with Crippen LogP contribution in [0.15, 0.2) is 29.8 Å². The van der Waals surface area contributed by atoms with Gasteiger partial charge in [0.1, 0.15) is 0 Å². The van der Waals surface area contributed by atoms with Gasteiger partial charge in [0.2, 0.25) is 0 Å². The molecule has 0 bridgehead atoms. The molecule has 0 saturated heterocycles. The van der Waals surface area contributed by atoms with Gasteiger partial charge < -0.3 is 15.7 Å². The van der Waals surface area contributed by atoms with Gasteiger partial charge in [-0.1, -0.05) is 29.8 Å². The number of nitrogens with one attached hydrogen (secondary N) is 2. The van der Waals surface area contributed by atoms with E-state index in [1.165, 1.54) is 11.3 Å². The summed E-state index contributed by atoms with van der Waals surface area (Å²) in [5, 5.41) is 15.8. The van der Waals surface area contributed by atoms with Crippen LogP contribution in [0.1, 0.15) is 22.2 Å². The maximum absolute atomic E-state index is 11.7. The molecule has 0 aliphatic heterocycles. The molecule has 21 heavy (non-hydrogen) atoms. The second kappa shape index (κ2) is 7.40. The van der Waals surface area contributed by atoms with E-state index in [-0.39, 0.29) is 12.6 Å². The van der Waals surface area contributed by atoms with Crippen molar-refractivity contribution in [1.82, 2.24) is 15.6 Å². The van der Waals surface area contributed by atoms with E-state index >= 15 is 0 Å². The fourth-order valence-corrected chi connectivity index (χ4v) is 2.74. The summed E-state index contributed by atoms with van der Waals surface area (Å²) < 4.78 is 0. The quantitative estimate of drug-likeness (QED) is 0.791. The number of carbonyl (C=O) groups is 1. The number of carbonyl (C=O) groups excluding carboxylic acids is 1. The van der Waals surface area contributed by atoms with E-state index < -0.39 is 6.10 Å². The van der Waals surface area contributed by atoms with E-state index in [4.69, 9.17) is 11.6 Å². The number of aromatic nitrogens is 1. The molecule has 0 fully saturated rings. The number of nitrogens with zero attached hydrogens (tertiary/aromatic N) is 1. The van der Waals surface area contributed by atoms with E-state index in [1.54, 1.807) is 29.8 Å². The van der Waals surface area contributed by atoms with Crippen molar-refractivity contribution in [2.45, 2.75) is 19.6 Å². The van der Waals surface area contributed by atoms with Gasteiger partial charge in [0.25, 0.3) is 0 Å². The molecular weight excluding hydrogens is 310 g/mol. The number of aryl methyl sites for hydroxylation is 1. The highest BCUT2D eigenvalue weighted by molar-refractivity contribution is 7.09. The monoisotopic (exact) mass is 325 g/mol. The molecule has 1 aromatic heterocycles. The Balaban J connectivity index is 1.79. The number of benzene rings is 1. The first-order chi connectivity index (χ1) is 10.1. The number of aliphatic hydroxyl groups excluding tert-OH is 1. The minimum Gasteiger partial charge on any atom is -0.387 e. The number of halogens is 1. The van der Waals surface area contributed by atoms with Gasteiger partial charge in [-0.3, -0.25) is 0 Å². The molecule has 0 spiro atoms. The highest BCUT2D eigenvalue weighted by Gasteiger charge is 2.12. The number of hydrogen-bond donors (Lipinski definition) is 3. The van der Waals surface area contributed by atoms with Gasteiger partial charge in [-0.05, 0) is 13.0 Å². The predicted molar refractivity (Wildman–Crippen MR) is 83.5 cm³/mol. The van der Waals surface area contributed by atoms with Gasteiger partial charge in [0.05, 0.1) is 23.9 Å². The van der Waals surface area contributed by atoms with Crippen LogP contribution in [0.25, 0.3) is 0 Å². The van der Waals surface area contributed by atoms with Crippen molar-refractivity contribution < 1.29 is 9.90 Å². The van der Waals surface area contributed by atoms with Crippen LogP contribution in [-0.4, -0.2) is 22.7 Å². The number of urea groups is 1. The summed E-state index contributed by atoms with van der Waals surface area (Å²) in [7, 11) is 0. The Morgan fingerprint density at radius 3 is 2.86 bits per heavy atom. The number of amides is 2. The zero-order chi connectivity index (χ0) is 15.2. The second-order valence-electron chi connectivity index (χ2n) is 4.46. The average Bonchev–Trinajstić information content (AvgIpc) is 2.88. The zero-order valence-electron chi connectivity index (χ0n) is 11.5. The Morgan fingerprint density at radius 2 is 2.19 bits per heavy atom. The van der Waals surface area contributed by atoms with Crippen LogP contribution in [-0.2, 0) is 6.54 Å². The molecule has 0 aliphatic rings. The van der Waals surface area contributed by atoms with Crippen LogP contribution in [0.3, 0.4) is 0 Å². The predicted octanol–water partition coefficient (Wildman–Crippen LogP) is 2.64. The van der Waals surface area contributed by atoms with Crippen LogP contribution in [0, 0.1) is 6.92 Å². The van der Waals surface area contributed by atoms with Crippen LogP contribution >= 0.6 is 22.9 Å². The standard InChI is InChI=1S/C14H16ClN3O2S/c1-9-13(21-8-18-9)7-17-14(20)16-6-12(19)10-4-2-3-5-11(10)15/h2-5,8,12,19H,6-7H2,1H3,(H2,16,17,20). The van der Waals surface area contributed by atoms with Crippen molar-refractivity contribution >= 4 is 29.0 Å². The van der Waals surface area contributed by atoms with E-state index in [9.17, 15) is 9.90 Å². The molecule has 1 unspecified atom stereocenters. The van der Waals surface area contributed by atoms with E-state index in [0.717, 1.165) is 10.6 Å². The van der Waals surface area contributed by atoms with Crippen molar-refractivity contribution in [3.8, 4) is 0 Å². The van der Waals surface area contributed by atoms with Crippen LogP contribution < -0.4 is 10.6 Å². The first-order valence-electron chi connectivity index (χ1n) is 6.41. The third kappa shape index (κ3) is 4.42. The van der Waals surface area contributed by atoms with E-state index in [2.05, 4.69) is 15.6 Å². The molecule has 1 aromatic carbocycles. The Hall–Kier alpha value is -1.63. The SMILES string of the molecule is Cc1ncsc1CNC(=O)NCC(O)c1ccccc1Cl. The van der Waals surface area contributed by atoms with Crippen molar-refractivity contribution in [1.29, 1.82) is 0 Å². The van der Waals surface area contributed by atoms with Crippen LogP contribution in [0.5, 0.6) is 0 Å². The molecule has 1 heterocycles. The van der Waals surface area contributed by atoms with Gasteiger partial charge >= 0.3 is 6.03 Å². The topological polar surface area (TPSA) is 74.2 Å². The van der Waals surface area contributed by atoms with Gasteiger partial charge in [-0.2, -0.15) is 0 Å². The molecule has 1 atom stereocenters. The second-order valence-corrected chi connectivity index (χ2v) is 5.81. The minimum absolute atomic E-state index is 0.0945. The van der Waals surface area contributed by atoms with Crippen molar-refractivity contribution in [3.63, 3.8) is 0 Å². The Kier molecular flexibility index (Phi) is 5.55. The maximum atomic E-state index is 11.7. The number of hydrogen-bond acceptors (Lipinski definition) is 4. The molecule has 7 heteroatoms. The van der Waals surface area contributed by atoms with Crippen LogP contribution in [0.4, 0.5) is 4.79 Å². The smallest absolute Gasteiger partial charge is 0.315 e. The van der Waals surface area contributed by atoms with Gasteiger partial charge in [0, 0.05) is 22.0 Å². The van der Waals surface area contributed by atoms with Crippen molar-refractivity contribution in [2.75, 3.05) is 6.54 Å².